The standard InChI is InChI=1S/C12H20N2O3S/c1-9(2)14(18(15,16)10(3)4)11-6-7-13-8-12(11)17-5/h6-10H,1-5H3. The van der Waals surface area contributed by atoms with E-state index < -0.39 is 15.3 Å². The molecule has 1 aromatic heterocycles. The molecule has 0 saturated carbocycles. The summed E-state index contributed by atoms with van der Waals surface area (Å²) in [4.78, 5) is 3.94. The fraction of sp³-hybridized carbons (Fsp3) is 0.583. The number of pyridine rings is 1. The highest BCUT2D eigenvalue weighted by molar-refractivity contribution is 7.93. The number of aromatic nitrogens is 1. The highest BCUT2D eigenvalue weighted by atomic mass is 32.2. The fourth-order valence-electron chi connectivity index (χ4n) is 1.65. The second-order valence-electron chi connectivity index (χ2n) is 4.53. The zero-order valence-corrected chi connectivity index (χ0v) is 12.2. The third-order valence-corrected chi connectivity index (χ3v) is 4.92. The van der Waals surface area contributed by atoms with Crippen LogP contribution >= 0.6 is 0 Å². The van der Waals surface area contributed by atoms with Gasteiger partial charge in [0, 0.05) is 12.2 Å². The topological polar surface area (TPSA) is 59.5 Å². The van der Waals surface area contributed by atoms with Crippen LogP contribution in [-0.4, -0.2) is 31.8 Å². The molecule has 0 aromatic carbocycles. The van der Waals surface area contributed by atoms with Crippen LogP contribution in [0.5, 0.6) is 5.75 Å². The molecule has 102 valence electrons. The largest absolute Gasteiger partial charge is 0.493 e. The molecule has 0 bridgehead atoms. The van der Waals surface area contributed by atoms with E-state index in [-0.39, 0.29) is 6.04 Å². The summed E-state index contributed by atoms with van der Waals surface area (Å²) >= 11 is 0. The zero-order valence-electron chi connectivity index (χ0n) is 11.4. The lowest BCUT2D eigenvalue weighted by Crippen LogP contribution is -2.41. The van der Waals surface area contributed by atoms with Gasteiger partial charge in [-0.25, -0.2) is 8.42 Å². The second kappa shape index (κ2) is 5.56. The van der Waals surface area contributed by atoms with Crippen molar-refractivity contribution in [2.24, 2.45) is 0 Å². The van der Waals surface area contributed by atoms with Crippen LogP contribution in [0.25, 0.3) is 0 Å². The van der Waals surface area contributed by atoms with E-state index in [1.165, 1.54) is 17.6 Å². The summed E-state index contributed by atoms with van der Waals surface area (Å²) < 4.78 is 31.4. The molecule has 0 fully saturated rings. The lowest BCUT2D eigenvalue weighted by Gasteiger charge is -2.30. The van der Waals surface area contributed by atoms with E-state index in [0.717, 1.165) is 0 Å². The Bertz CT molecular complexity index is 498. The average molecular weight is 272 g/mol. The Labute approximate surface area is 109 Å². The van der Waals surface area contributed by atoms with E-state index >= 15 is 0 Å². The van der Waals surface area contributed by atoms with Crippen molar-refractivity contribution in [1.82, 2.24) is 4.98 Å². The normalized spacial score (nSPS) is 11.9. The Kier molecular flexibility index (Phi) is 4.56. The van der Waals surface area contributed by atoms with Crippen molar-refractivity contribution in [3.05, 3.63) is 18.5 Å². The van der Waals surface area contributed by atoms with Crippen molar-refractivity contribution in [3.63, 3.8) is 0 Å². The molecular weight excluding hydrogens is 252 g/mol. The van der Waals surface area contributed by atoms with Crippen LogP contribution in [0.3, 0.4) is 0 Å². The van der Waals surface area contributed by atoms with Gasteiger partial charge in [-0.1, -0.05) is 0 Å². The van der Waals surface area contributed by atoms with Crippen molar-refractivity contribution in [1.29, 1.82) is 0 Å². The van der Waals surface area contributed by atoms with E-state index in [0.29, 0.717) is 11.4 Å². The quantitative estimate of drug-likeness (QED) is 0.823. The summed E-state index contributed by atoms with van der Waals surface area (Å²) in [7, 11) is -1.90. The predicted molar refractivity (Wildman–Crippen MR) is 72.5 cm³/mol. The van der Waals surface area contributed by atoms with Gasteiger partial charge in [0.25, 0.3) is 0 Å². The third kappa shape index (κ3) is 2.75. The minimum Gasteiger partial charge on any atom is -0.493 e. The number of ether oxygens (including phenoxy) is 1. The van der Waals surface area contributed by atoms with E-state index in [1.54, 1.807) is 26.1 Å². The van der Waals surface area contributed by atoms with Crippen molar-refractivity contribution in [3.8, 4) is 5.75 Å². The highest BCUT2D eigenvalue weighted by Gasteiger charge is 2.30. The number of hydrogen-bond acceptors (Lipinski definition) is 4. The molecule has 0 N–H and O–H groups in total. The molecule has 1 heterocycles. The van der Waals surface area contributed by atoms with Gasteiger partial charge in [-0.05, 0) is 33.8 Å². The maximum absolute atomic E-state index is 12.4. The molecule has 6 heteroatoms. The Hall–Kier alpha value is -1.30. The molecule has 1 rings (SSSR count). The highest BCUT2D eigenvalue weighted by Crippen LogP contribution is 2.31. The van der Waals surface area contributed by atoms with E-state index in [4.69, 9.17) is 4.74 Å². The molecule has 0 amide bonds. The summed E-state index contributed by atoms with van der Waals surface area (Å²) in [6.45, 7) is 7.00. The minimum atomic E-state index is -3.40. The van der Waals surface area contributed by atoms with Gasteiger partial charge in [0.05, 0.1) is 24.2 Å². The van der Waals surface area contributed by atoms with Gasteiger partial charge in [0.15, 0.2) is 5.75 Å². The molecule has 0 aliphatic heterocycles. The number of sulfonamides is 1. The number of nitrogens with zero attached hydrogens (tertiary/aromatic N) is 2. The summed E-state index contributed by atoms with van der Waals surface area (Å²) in [5, 5.41) is -0.488. The predicted octanol–water partition coefficient (Wildman–Crippen LogP) is 2.04. The maximum Gasteiger partial charge on any atom is 0.237 e. The van der Waals surface area contributed by atoms with Crippen molar-refractivity contribution in [2.45, 2.75) is 39.0 Å². The van der Waals surface area contributed by atoms with Crippen LogP contribution in [0.2, 0.25) is 0 Å². The van der Waals surface area contributed by atoms with Gasteiger partial charge in [-0.2, -0.15) is 0 Å². The third-order valence-electron chi connectivity index (χ3n) is 2.56. The number of anilines is 1. The van der Waals surface area contributed by atoms with Gasteiger partial charge in [-0.3, -0.25) is 9.29 Å². The molecule has 0 spiro atoms. The minimum absolute atomic E-state index is 0.186. The molecule has 18 heavy (non-hydrogen) atoms. The smallest absolute Gasteiger partial charge is 0.237 e. The molecule has 0 aliphatic rings. The first-order chi connectivity index (χ1) is 8.32. The molecular formula is C12H20N2O3S. The molecule has 0 saturated heterocycles. The van der Waals surface area contributed by atoms with Gasteiger partial charge < -0.3 is 4.74 Å². The number of rotatable bonds is 5. The van der Waals surface area contributed by atoms with Crippen molar-refractivity contribution >= 4 is 15.7 Å². The van der Waals surface area contributed by atoms with Gasteiger partial charge >= 0.3 is 0 Å². The molecule has 0 aliphatic carbocycles. The summed E-state index contributed by atoms with van der Waals surface area (Å²) in [5.74, 6) is 0.454. The Morgan fingerprint density at radius 2 is 1.89 bits per heavy atom. The Balaban J connectivity index is 3.39. The van der Waals surface area contributed by atoms with Gasteiger partial charge in [0.2, 0.25) is 10.0 Å². The van der Waals surface area contributed by atoms with Gasteiger partial charge in [-0.15, -0.1) is 0 Å². The van der Waals surface area contributed by atoms with Crippen molar-refractivity contribution in [2.75, 3.05) is 11.4 Å². The SMILES string of the molecule is COc1cnccc1N(C(C)C)S(=O)(=O)C(C)C. The summed E-state index contributed by atoms with van der Waals surface area (Å²) in [6.07, 6.45) is 3.07. The van der Waals surface area contributed by atoms with Crippen LogP contribution in [0.1, 0.15) is 27.7 Å². The van der Waals surface area contributed by atoms with Gasteiger partial charge in [0.1, 0.15) is 0 Å². The van der Waals surface area contributed by atoms with Crippen LogP contribution in [0, 0.1) is 0 Å². The molecule has 1 aromatic rings. The van der Waals surface area contributed by atoms with Crippen LogP contribution in [0.4, 0.5) is 5.69 Å². The molecule has 0 atom stereocenters. The molecule has 0 unspecified atom stereocenters. The van der Waals surface area contributed by atoms with E-state index in [1.807, 2.05) is 13.8 Å². The average Bonchev–Trinajstić information content (AvgIpc) is 2.28. The number of methoxy groups -OCH3 is 1. The lowest BCUT2D eigenvalue weighted by atomic mass is 10.3. The van der Waals surface area contributed by atoms with Crippen LogP contribution in [0.15, 0.2) is 18.5 Å². The summed E-state index contributed by atoms with van der Waals surface area (Å²) in [5.41, 5.74) is 0.524. The molecule has 0 radical (unpaired) electrons. The number of hydrogen-bond donors (Lipinski definition) is 0. The molecule has 5 nitrogen and oxygen atoms in total. The summed E-state index contributed by atoms with van der Waals surface area (Å²) in [6, 6.07) is 1.47. The van der Waals surface area contributed by atoms with Crippen LogP contribution in [-0.2, 0) is 10.0 Å². The first-order valence-electron chi connectivity index (χ1n) is 5.83. The zero-order chi connectivity index (χ0) is 13.9. The van der Waals surface area contributed by atoms with E-state index in [9.17, 15) is 8.42 Å². The van der Waals surface area contributed by atoms with Crippen LogP contribution < -0.4 is 9.04 Å². The maximum atomic E-state index is 12.4. The first kappa shape index (κ1) is 14.8. The Morgan fingerprint density at radius 1 is 1.28 bits per heavy atom. The lowest BCUT2D eigenvalue weighted by molar-refractivity contribution is 0.413. The van der Waals surface area contributed by atoms with E-state index in [2.05, 4.69) is 4.98 Å². The monoisotopic (exact) mass is 272 g/mol. The Morgan fingerprint density at radius 3 is 2.33 bits per heavy atom. The first-order valence-corrected chi connectivity index (χ1v) is 7.34. The van der Waals surface area contributed by atoms with Crippen molar-refractivity contribution < 1.29 is 13.2 Å². The second-order valence-corrected chi connectivity index (χ2v) is 6.90. The fourth-order valence-corrected chi connectivity index (χ4v) is 3.12.